The van der Waals surface area contributed by atoms with Crippen LogP contribution in [0.5, 0.6) is 0 Å². The number of carbonyl (C=O) groups excluding carboxylic acids is 2. The summed E-state index contributed by atoms with van der Waals surface area (Å²) in [6.07, 6.45) is 0.969. The van der Waals surface area contributed by atoms with Gasteiger partial charge in [-0.25, -0.2) is 8.78 Å². The summed E-state index contributed by atoms with van der Waals surface area (Å²) in [4.78, 5) is 32.3. The van der Waals surface area contributed by atoms with Crippen LogP contribution in [0, 0.1) is 11.6 Å². The Morgan fingerprint density at radius 1 is 1.00 bits per heavy atom. The summed E-state index contributed by atoms with van der Waals surface area (Å²) in [6, 6.07) is 20.8. The van der Waals surface area contributed by atoms with Gasteiger partial charge in [0.1, 0.15) is 0 Å². The molecule has 0 radical (unpaired) electrons. The number of nitrogens with zero attached hydrogens (tertiary/aromatic N) is 2. The maximum Gasteiger partial charge on any atom is 0.221 e. The summed E-state index contributed by atoms with van der Waals surface area (Å²) in [5, 5.41) is 7.34. The molecule has 0 fully saturated rings. The van der Waals surface area contributed by atoms with Gasteiger partial charge in [0.25, 0.3) is 0 Å². The third-order valence-corrected chi connectivity index (χ3v) is 7.50. The lowest BCUT2D eigenvalue weighted by Crippen LogP contribution is -2.50. The molecule has 206 valence electrons. The number of fused-ring (bicyclic) bond motifs is 2. The van der Waals surface area contributed by atoms with Crippen molar-refractivity contribution in [1.29, 1.82) is 0 Å². The molecule has 0 saturated carbocycles. The molecule has 6 nitrogen and oxygen atoms in total. The fourth-order valence-electron chi connectivity index (χ4n) is 5.38. The molecule has 0 bridgehead atoms. The van der Waals surface area contributed by atoms with Gasteiger partial charge in [-0.3, -0.25) is 24.8 Å². The number of carbonyl (C=O) groups is 2. The number of aromatic nitrogens is 1. The van der Waals surface area contributed by atoms with Crippen molar-refractivity contribution in [2.24, 2.45) is 0 Å². The zero-order valence-electron chi connectivity index (χ0n) is 22.6. The van der Waals surface area contributed by atoms with Gasteiger partial charge in [0.2, 0.25) is 5.91 Å². The average molecular weight is 543 g/mol. The minimum atomic E-state index is -0.878. The number of benzene rings is 3. The van der Waals surface area contributed by atoms with Crippen LogP contribution in [0.1, 0.15) is 53.4 Å². The number of para-hydroxylation sites is 1. The van der Waals surface area contributed by atoms with E-state index in [0.29, 0.717) is 37.1 Å². The zero-order valence-corrected chi connectivity index (χ0v) is 22.6. The summed E-state index contributed by atoms with van der Waals surface area (Å²) in [5.74, 6) is -2.07. The van der Waals surface area contributed by atoms with Crippen molar-refractivity contribution in [1.82, 2.24) is 15.2 Å². The topological polar surface area (TPSA) is 74.3 Å². The van der Waals surface area contributed by atoms with Crippen molar-refractivity contribution < 1.29 is 18.4 Å². The number of hydrogen-bond donors (Lipinski definition) is 2. The first kappa shape index (κ1) is 27.6. The zero-order chi connectivity index (χ0) is 28.2. The lowest BCUT2D eigenvalue weighted by atomic mass is 9.93. The van der Waals surface area contributed by atoms with Crippen molar-refractivity contribution in [3.63, 3.8) is 0 Å². The molecule has 1 amide bonds. The number of rotatable bonds is 9. The molecular formula is C32H32F2N4O2. The molecule has 1 aliphatic heterocycles. The summed E-state index contributed by atoms with van der Waals surface area (Å²) < 4.78 is 27.6. The van der Waals surface area contributed by atoms with Crippen LogP contribution in [-0.2, 0) is 17.8 Å². The Morgan fingerprint density at radius 2 is 1.75 bits per heavy atom. The molecular weight excluding hydrogens is 510 g/mol. The molecule has 3 aromatic carbocycles. The normalized spacial score (nSPS) is 14.9. The van der Waals surface area contributed by atoms with Crippen LogP contribution in [0.4, 0.5) is 14.5 Å². The Kier molecular flexibility index (Phi) is 8.28. The van der Waals surface area contributed by atoms with E-state index in [0.717, 1.165) is 33.9 Å². The molecule has 5 rings (SSSR count). The van der Waals surface area contributed by atoms with Crippen molar-refractivity contribution >= 4 is 28.3 Å². The lowest BCUT2D eigenvalue weighted by Gasteiger charge is -2.38. The van der Waals surface area contributed by atoms with Crippen molar-refractivity contribution in [2.45, 2.75) is 45.3 Å². The average Bonchev–Trinajstić information content (AvgIpc) is 2.96. The van der Waals surface area contributed by atoms with Gasteiger partial charge >= 0.3 is 0 Å². The Balaban J connectivity index is 1.44. The van der Waals surface area contributed by atoms with Gasteiger partial charge in [-0.05, 0) is 36.1 Å². The first-order valence-electron chi connectivity index (χ1n) is 13.5. The smallest absolute Gasteiger partial charge is 0.221 e. The molecule has 0 saturated heterocycles. The molecule has 8 heteroatoms. The van der Waals surface area contributed by atoms with Gasteiger partial charge in [0.15, 0.2) is 17.4 Å². The molecule has 0 spiro atoms. The third kappa shape index (κ3) is 6.08. The van der Waals surface area contributed by atoms with E-state index in [1.54, 1.807) is 18.2 Å². The number of halogens is 2. The van der Waals surface area contributed by atoms with Gasteiger partial charge in [-0.2, -0.15) is 0 Å². The fraction of sp³-hybridized carbons (Fsp3) is 0.281. The van der Waals surface area contributed by atoms with Crippen molar-refractivity contribution in [3.8, 4) is 0 Å². The molecule has 0 aliphatic carbocycles. The highest BCUT2D eigenvalue weighted by Crippen LogP contribution is 2.34. The molecule has 4 aromatic rings. The predicted molar refractivity (Wildman–Crippen MR) is 152 cm³/mol. The highest BCUT2D eigenvalue weighted by atomic mass is 19.2. The monoisotopic (exact) mass is 542 g/mol. The SMILES string of the molecule is CC(=O)Nc1c2c(nc3ccccc13)CCN(C(CC(C)c1ccc(F)c(F)c1)NCC(=O)c1ccccc1)C2. The number of pyridine rings is 1. The van der Waals surface area contributed by atoms with Gasteiger partial charge in [0.05, 0.1) is 23.9 Å². The summed E-state index contributed by atoms with van der Waals surface area (Å²) in [6.45, 7) is 4.77. The van der Waals surface area contributed by atoms with E-state index >= 15 is 0 Å². The second-order valence-electron chi connectivity index (χ2n) is 10.3. The summed E-state index contributed by atoms with van der Waals surface area (Å²) in [7, 11) is 0. The first-order valence-corrected chi connectivity index (χ1v) is 13.5. The van der Waals surface area contributed by atoms with Crippen molar-refractivity contribution in [3.05, 3.63) is 107 Å². The second kappa shape index (κ2) is 12.0. The number of amides is 1. The Hall–Kier alpha value is -4.01. The van der Waals surface area contributed by atoms with Crippen LogP contribution < -0.4 is 10.6 Å². The summed E-state index contributed by atoms with van der Waals surface area (Å²) >= 11 is 0. The van der Waals surface area contributed by atoms with Crippen LogP contribution in [0.25, 0.3) is 10.9 Å². The van der Waals surface area contributed by atoms with Gasteiger partial charge in [0, 0.05) is 48.6 Å². The van der Waals surface area contributed by atoms with Gasteiger partial charge < -0.3 is 5.32 Å². The fourth-order valence-corrected chi connectivity index (χ4v) is 5.38. The quantitative estimate of drug-likeness (QED) is 0.261. The minimum Gasteiger partial charge on any atom is -0.325 e. The van der Waals surface area contributed by atoms with E-state index in [9.17, 15) is 18.4 Å². The molecule has 2 atom stereocenters. The van der Waals surface area contributed by atoms with Gasteiger partial charge in [-0.1, -0.05) is 61.5 Å². The van der Waals surface area contributed by atoms with E-state index in [1.807, 2.05) is 49.4 Å². The van der Waals surface area contributed by atoms with E-state index in [4.69, 9.17) is 4.98 Å². The second-order valence-corrected chi connectivity index (χ2v) is 10.3. The van der Waals surface area contributed by atoms with Crippen LogP contribution >= 0.6 is 0 Å². The number of hydrogen-bond acceptors (Lipinski definition) is 5. The van der Waals surface area contributed by atoms with Crippen LogP contribution in [-0.4, -0.2) is 40.8 Å². The van der Waals surface area contributed by atoms with E-state index in [-0.39, 0.29) is 30.3 Å². The standard InChI is InChI=1S/C32H32F2N4O2/c1-20(23-12-13-26(33)27(34)17-23)16-31(35-18-30(40)22-8-4-3-5-9-22)38-15-14-29-25(19-38)32(36-21(2)39)24-10-6-7-11-28(24)37-29/h3-13,17,20,31,35H,14-16,18-19H2,1-2H3,(H,36,37,39). The maximum atomic E-state index is 14.0. The van der Waals surface area contributed by atoms with E-state index in [1.165, 1.54) is 13.0 Å². The summed E-state index contributed by atoms with van der Waals surface area (Å²) in [5.41, 5.74) is 4.77. The molecule has 40 heavy (non-hydrogen) atoms. The van der Waals surface area contributed by atoms with Crippen molar-refractivity contribution in [2.75, 3.05) is 18.4 Å². The highest BCUT2D eigenvalue weighted by Gasteiger charge is 2.29. The van der Waals surface area contributed by atoms with Crippen LogP contribution in [0.15, 0.2) is 72.8 Å². The van der Waals surface area contributed by atoms with Crippen LogP contribution in [0.3, 0.4) is 0 Å². The Bertz CT molecular complexity index is 1540. The number of ketones is 1. The Morgan fingerprint density at radius 3 is 2.50 bits per heavy atom. The van der Waals surface area contributed by atoms with E-state index in [2.05, 4.69) is 15.5 Å². The Labute approximate surface area is 232 Å². The first-order chi connectivity index (χ1) is 19.3. The number of anilines is 1. The van der Waals surface area contributed by atoms with Gasteiger partial charge in [-0.15, -0.1) is 0 Å². The minimum absolute atomic E-state index is 0.0323. The number of nitrogens with one attached hydrogen (secondary N) is 2. The lowest BCUT2D eigenvalue weighted by molar-refractivity contribution is -0.114. The number of Topliss-reactive ketones (excluding diaryl/α,β-unsaturated/α-hetero) is 1. The molecule has 2 unspecified atom stereocenters. The molecule has 2 N–H and O–H groups in total. The maximum absolute atomic E-state index is 14.0. The highest BCUT2D eigenvalue weighted by molar-refractivity contribution is 6.02. The molecule has 1 aliphatic rings. The third-order valence-electron chi connectivity index (χ3n) is 7.50. The predicted octanol–water partition coefficient (Wildman–Crippen LogP) is 5.82. The van der Waals surface area contributed by atoms with Crippen LogP contribution in [0.2, 0.25) is 0 Å². The largest absolute Gasteiger partial charge is 0.325 e. The molecule has 2 heterocycles. The van der Waals surface area contributed by atoms with E-state index < -0.39 is 11.6 Å². The molecule has 1 aromatic heterocycles.